The van der Waals surface area contributed by atoms with Crippen molar-refractivity contribution in [3.05, 3.63) is 70.8 Å². The zero-order valence-corrected chi connectivity index (χ0v) is 12.8. The van der Waals surface area contributed by atoms with Gasteiger partial charge in [-0.15, -0.1) is 0 Å². The lowest BCUT2D eigenvalue weighted by atomic mass is 9.97. The largest absolute Gasteiger partial charge is 0.497 e. The van der Waals surface area contributed by atoms with E-state index in [2.05, 4.69) is 12.1 Å². The van der Waals surface area contributed by atoms with Crippen LogP contribution in [-0.4, -0.2) is 20.2 Å². The van der Waals surface area contributed by atoms with Crippen molar-refractivity contribution in [3.8, 4) is 5.75 Å². The van der Waals surface area contributed by atoms with Gasteiger partial charge in [0.25, 0.3) is 0 Å². The number of hydrogen-bond donors (Lipinski definition) is 0. The van der Waals surface area contributed by atoms with Crippen LogP contribution < -0.4 is 4.74 Å². The minimum atomic E-state index is -0.249. The Morgan fingerprint density at radius 2 is 1.86 bits per heavy atom. The predicted octanol–water partition coefficient (Wildman–Crippen LogP) is 3.42. The van der Waals surface area contributed by atoms with Gasteiger partial charge in [0, 0.05) is 12.0 Å². The molecule has 1 aliphatic carbocycles. The fourth-order valence-corrected chi connectivity index (χ4v) is 2.92. The van der Waals surface area contributed by atoms with E-state index in [0.717, 1.165) is 34.4 Å². The summed E-state index contributed by atoms with van der Waals surface area (Å²) >= 11 is 0. The van der Waals surface area contributed by atoms with E-state index in [0.29, 0.717) is 6.42 Å². The van der Waals surface area contributed by atoms with Crippen LogP contribution in [0.1, 0.15) is 16.7 Å². The van der Waals surface area contributed by atoms with E-state index in [1.54, 1.807) is 7.11 Å². The number of esters is 1. The first-order valence-electron chi connectivity index (χ1n) is 7.24. The number of rotatable bonds is 4. The summed E-state index contributed by atoms with van der Waals surface area (Å²) < 4.78 is 10.2. The minimum Gasteiger partial charge on any atom is -0.497 e. The maximum atomic E-state index is 12.1. The van der Waals surface area contributed by atoms with Crippen LogP contribution in [-0.2, 0) is 22.4 Å². The number of carbonyl (C=O) groups excluding carboxylic acids is 1. The van der Waals surface area contributed by atoms with Crippen LogP contribution in [0.4, 0.5) is 0 Å². The lowest BCUT2D eigenvalue weighted by Gasteiger charge is -2.09. The minimum absolute atomic E-state index is 0.249. The molecule has 0 atom stereocenters. The van der Waals surface area contributed by atoms with Gasteiger partial charge in [0.1, 0.15) is 5.75 Å². The second-order valence-electron chi connectivity index (χ2n) is 5.31. The molecule has 0 bridgehead atoms. The Morgan fingerprint density at radius 3 is 2.55 bits per heavy atom. The van der Waals surface area contributed by atoms with E-state index in [1.165, 1.54) is 12.7 Å². The van der Waals surface area contributed by atoms with E-state index in [4.69, 9.17) is 9.47 Å². The van der Waals surface area contributed by atoms with Gasteiger partial charge in [-0.25, -0.2) is 4.79 Å². The molecule has 0 saturated heterocycles. The first kappa shape index (κ1) is 14.4. The first-order valence-corrected chi connectivity index (χ1v) is 7.24. The SMILES string of the molecule is COC(=O)C1=C(Cc2ccccc2)c2ccc(OC)cc2C1. The van der Waals surface area contributed by atoms with E-state index < -0.39 is 0 Å². The molecule has 0 heterocycles. The van der Waals surface area contributed by atoms with Crippen molar-refractivity contribution in [2.75, 3.05) is 14.2 Å². The Balaban J connectivity index is 2.03. The lowest BCUT2D eigenvalue weighted by molar-refractivity contribution is -0.136. The van der Waals surface area contributed by atoms with Crippen molar-refractivity contribution in [2.24, 2.45) is 0 Å². The van der Waals surface area contributed by atoms with Gasteiger partial charge in [0.2, 0.25) is 0 Å². The van der Waals surface area contributed by atoms with Crippen molar-refractivity contribution in [3.63, 3.8) is 0 Å². The number of ether oxygens (including phenoxy) is 2. The van der Waals surface area contributed by atoms with Crippen LogP contribution >= 0.6 is 0 Å². The molecule has 3 rings (SSSR count). The molecule has 0 aromatic heterocycles. The summed E-state index contributed by atoms with van der Waals surface area (Å²) in [4.78, 5) is 12.1. The molecule has 0 unspecified atom stereocenters. The topological polar surface area (TPSA) is 35.5 Å². The van der Waals surface area contributed by atoms with Crippen molar-refractivity contribution in [1.29, 1.82) is 0 Å². The average Bonchev–Trinajstić information content (AvgIpc) is 2.92. The Morgan fingerprint density at radius 1 is 1.09 bits per heavy atom. The standard InChI is InChI=1S/C19H18O3/c1-21-15-8-9-16-14(11-15)12-18(19(20)22-2)17(16)10-13-6-4-3-5-7-13/h3-9,11H,10,12H2,1-2H3. The number of benzene rings is 2. The number of hydrogen-bond acceptors (Lipinski definition) is 3. The molecule has 22 heavy (non-hydrogen) atoms. The van der Waals surface area contributed by atoms with Crippen molar-refractivity contribution >= 4 is 11.5 Å². The van der Waals surface area contributed by atoms with Gasteiger partial charge in [-0.1, -0.05) is 36.4 Å². The summed E-state index contributed by atoms with van der Waals surface area (Å²) in [7, 11) is 3.08. The summed E-state index contributed by atoms with van der Waals surface area (Å²) in [5.74, 6) is 0.560. The van der Waals surface area contributed by atoms with E-state index in [-0.39, 0.29) is 5.97 Å². The van der Waals surface area contributed by atoms with Gasteiger partial charge in [0.15, 0.2) is 0 Å². The third-order valence-electron chi connectivity index (χ3n) is 4.02. The fourth-order valence-electron chi connectivity index (χ4n) is 2.92. The summed E-state index contributed by atoms with van der Waals surface area (Å²) in [5, 5.41) is 0. The van der Waals surface area contributed by atoms with Gasteiger partial charge in [-0.05, 0) is 40.8 Å². The molecule has 3 heteroatoms. The highest BCUT2D eigenvalue weighted by atomic mass is 16.5. The van der Waals surface area contributed by atoms with Crippen molar-refractivity contribution < 1.29 is 14.3 Å². The average molecular weight is 294 g/mol. The fraction of sp³-hybridized carbons (Fsp3) is 0.211. The van der Waals surface area contributed by atoms with Crippen molar-refractivity contribution in [2.45, 2.75) is 12.8 Å². The number of fused-ring (bicyclic) bond motifs is 1. The normalized spacial score (nSPS) is 13.0. The highest BCUT2D eigenvalue weighted by Gasteiger charge is 2.27. The van der Waals surface area contributed by atoms with Crippen LogP contribution in [0.25, 0.3) is 5.57 Å². The molecule has 112 valence electrons. The maximum absolute atomic E-state index is 12.1. The molecule has 2 aromatic rings. The number of methoxy groups -OCH3 is 2. The van der Waals surface area contributed by atoms with Crippen molar-refractivity contribution in [1.82, 2.24) is 0 Å². The van der Waals surface area contributed by atoms with Crippen LogP contribution in [0.2, 0.25) is 0 Å². The third kappa shape index (κ3) is 2.62. The van der Waals surface area contributed by atoms with Crippen LogP contribution in [0.15, 0.2) is 54.1 Å². The molecule has 0 fully saturated rings. The second-order valence-corrected chi connectivity index (χ2v) is 5.31. The van der Waals surface area contributed by atoms with Crippen LogP contribution in [0.3, 0.4) is 0 Å². The molecule has 0 saturated carbocycles. The molecule has 0 amide bonds. The predicted molar refractivity (Wildman–Crippen MR) is 85.8 cm³/mol. The van der Waals surface area contributed by atoms with E-state index >= 15 is 0 Å². The zero-order chi connectivity index (χ0) is 15.5. The Labute approximate surface area is 130 Å². The molecule has 0 spiro atoms. The quantitative estimate of drug-likeness (QED) is 0.811. The second kappa shape index (κ2) is 6.06. The number of allylic oxidation sites excluding steroid dienone is 1. The molecule has 0 aliphatic heterocycles. The lowest BCUT2D eigenvalue weighted by Crippen LogP contribution is -2.06. The van der Waals surface area contributed by atoms with Crippen LogP contribution in [0, 0.1) is 0 Å². The maximum Gasteiger partial charge on any atom is 0.334 e. The molecule has 1 aliphatic rings. The molecular weight excluding hydrogens is 276 g/mol. The molecule has 0 N–H and O–H groups in total. The van der Waals surface area contributed by atoms with Gasteiger partial charge in [-0.2, -0.15) is 0 Å². The highest BCUT2D eigenvalue weighted by molar-refractivity contribution is 6.01. The zero-order valence-electron chi connectivity index (χ0n) is 12.8. The highest BCUT2D eigenvalue weighted by Crippen LogP contribution is 2.37. The monoisotopic (exact) mass is 294 g/mol. The van der Waals surface area contributed by atoms with Gasteiger partial charge in [0.05, 0.1) is 14.2 Å². The summed E-state index contributed by atoms with van der Waals surface area (Å²) in [6.45, 7) is 0. The van der Waals surface area contributed by atoms with E-state index in [1.807, 2.05) is 36.4 Å². The third-order valence-corrected chi connectivity index (χ3v) is 4.02. The first-order chi connectivity index (χ1) is 10.7. The molecular formula is C19H18O3. The summed E-state index contributed by atoms with van der Waals surface area (Å²) in [6, 6.07) is 16.1. The van der Waals surface area contributed by atoms with Gasteiger partial charge < -0.3 is 9.47 Å². The molecule has 2 aromatic carbocycles. The van der Waals surface area contributed by atoms with Crippen LogP contribution in [0.5, 0.6) is 5.75 Å². The summed E-state index contributed by atoms with van der Waals surface area (Å²) in [5.41, 5.74) is 5.21. The Hall–Kier alpha value is -2.55. The number of carbonyl (C=O) groups is 1. The smallest absolute Gasteiger partial charge is 0.334 e. The van der Waals surface area contributed by atoms with Gasteiger partial charge in [-0.3, -0.25) is 0 Å². The Bertz CT molecular complexity index is 730. The van der Waals surface area contributed by atoms with Gasteiger partial charge >= 0.3 is 5.97 Å². The summed E-state index contributed by atoms with van der Waals surface area (Å²) in [6.07, 6.45) is 1.33. The molecule has 3 nitrogen and oxygen atoms in total. The Kier molecular flexibility index (Phi) is 3.96. The van der Waals surface area contributed by atoms with E-state index in [9.17, 15) is 4.79 Å². The molecule has 0 radical (unpaired) electrons.